The molecule has 3 amide bonds. The van der Waals surface area contributed by atoms with Crippen molar-refractivity contribution in [2.24, 2.45) is 0 Å². The maximum atomic E-state index is 13.5. The second-order valence-electron chi connectivity index (χ2n) is 8.64. The van der Waals surface area contributed by atoms with Crippen LogP contribution in [0.3, 0.4) is 0 Å². The van der Waals surface area contributed by atoms with E-state index in [0.29, 0.717) is 11.3 Å². The molecule has 1 aromatic carbocycles. The van der Waals surface area contributed by atoms with Crippen LogP contribution in [0.15, 0.2) is 30.3 Å². The summed E-state index contributed by atoms with van der Waals surface area (Å²) in [5.41, 5.74) is 2.68. The highest BCUT2D eigenvalue weighted by atomic mass is 19.3. The van der Waals surface area contributed by atoms with E-state index in [1.54, 1.807) is 6.07 Å². The first kappa shape index (κ1) is 21.2. The fourth-order valence-electron chi connectivity index (χ4n) is 4.64. The Bertz CT molecular complexity index is 1080. The predicted molar refractivity (Wildman–Crippen MR) is 111 cm³/mol. The number of nitrogens with one attached hydrogen (secondary N) is 1. The molecule has 2 heterocycles. The molecule has 0 atom stereocenters. The summed E-state index contributed by atoms with van der Waals surface area (Å²) in [5.74, 6) is -3.78. The van der Waals surface area contributed by atoms with Gasteiger partial charge >= 0.3 is 6.03 Å². The average molecular weight is 429 g/mol. The van der Waals surface area contributed by atoms with E-state index in [9.17, 15) is 23.2 Å². The molecule has 1 spiro atoms. The van der Waals surface area contributed by atoms with Gasteiger partial charge in [-0.3, -0.25) is 14.5 Å². The Labute approximate surface area is 179 Å². The van der Waals surface area contributed by atoms with Crippen LogP contribution in [0.4, 0.5) is 13.6 Å². The molecule has 1 saturated carbocycles. The molecule has 4 rings (SSSR count). The van der Waals surface area contributed by atoms with E-state index in [0.717, 1.165) is 21.8 Å². The van der Waals surface area contributed by atoms with Gasteiger partial charge in [0.15, 0.2) is 5.78 Å². The Kier molecular flexibility index (Phi) is 4.98. The molecule has 31 heavy (non-hydrogen) atoms. The summed E-state index contributed by atoms with van der Waals surface area (Å²) >= 11 is 0. The fourth-order valence-corrected chi connectivity index (χ4v) is 4.64. The molecular formula is C23H25F2N3O3. The Morgan fingerprint density at radius 1 is 1.06 bits per heavy atom. The number of aryl methyl sites for hydroxylation is 2. The smallest absolute Gasteiger partial charge is 0.323 e. The highest BCUT2D eigenvalue weighted by Crippen LogP contribution is 2.41. The number of imide groups is 1. The topological polar surface area (TPSA) is 71.4 Å². The second-order valence-corrected chi connectivity index (χ2v) is 8.64. The number of halogens is 2. The van der Waals surface area contributed by atoms with Crippen LogP contribution in [0.1, 0.15) is 53.0 Å². The second kappa shape index (κ2) is 7.28. The number of hydrogen-bond acceptors (Lipinski definition) is 3. The monoisotopic (exact) mass is 429 g/mol. The lowest BCUT2D eigenvalue weighted by atomic mass is 9.80. The number of amides is 3. The molecule has 2 aliphatic rings. The molecule has 1 N–H and O–H groups in total. The molecule has 8 heteroatoms. The van der Waals surface area contributed by atoms with Gasteiger partial charge in [-0.1, -0.05) is 12.1 Å². The van der Waals surface area contributed by atoms with E-state index in [4.69, 9.17) is 0 Å². The van der Waals surface area contributed by atoms with E-state index >= 15 is 0 Å². The number of aromatic nitrogens is 1. The maximum absolute atomic E-state index is 13.5. The predicted octanol–water partition coefficient (Wildman–Crippen LogP) is 4.09. The lowest BCUT2D eigenvalue weighted by molar-refractivity contribution is -0.135. The van der Waals surface area contributed by atoms with E-state index in [1.807, 2.05) is 49.6 Å². The first-order valence-corrected chi connectivity index (χ1v) is 10.3. The van der Waals surface area contributed by atoms with Crippen LogP contribution < -0.4 is 5.32 Å². The number of nitrogens with zero attached hydrogens (tertiary/aromatic N) is 2. The normalized spacial score (nSPS) is 19.7. The standard InChI is InChI=1S/C23H25F2N3O3/c1-14-5-4-6-17(11-14)28-15(2)12-18(16(28)3)19(29)13-27-20(30)22(26-21(27)31)7-9-23(24,25)10-8-22/h4-6,11-12H,7-10,13H2,1-3H3,(H,26,31). The van der Waals surface area contributed by atoms with Gasteiger partial charge in [-0.2, -0.15) is 0 Å². The number of rotatable bonds is 4. The van der Waals surface area contributed by atoms with Gasteiger partial charge in [0.2, 0.25) is 5.92 Å². The largest absolute Gasteiger partial charge is 0.325 e. The highest BCUT2D eigenvalue weighted by Gasteiger charge is 2.55. The number of Topliss-reactive ketones (excluding diaryl/α,β-unsaturated/α-hetero) is 1. The van der Waals surface area contributed by atoms with Crippen LogP contribution in [0.5, 0.6) is 0 Å². The molecule has 1 aliphatic heterocycles. The van der Waals surface area contributed by atoms with Crippen molar-refractivity contribution in [2.45, 2.75) is 57.9 Å². The number of alkyl halides is 2. The molecule has 1 aromatic heterocycles. The number of ketones is 1. The third-order valence-electron chi connectivity index (χ3n) is 6.37. The molecular weight excluding hydrogens is 404 g/mol. The summed E-state index contributed by atoms with van der Waals surface area (Å²) < 4.78 is 29.1. The van der Waals surface area contributed by atoms with E-state index < -0.39 is 42.8 Å². The third kappa shape index (κ3) is 3.64. The average Bonchev–Trinajstić information content (AvgIpc) is 3.12. The lowest BCUT2D eigenvalue weighted by Gasteiger charge is -2.34. The van der Waals surface area contributed by atoms with Gasteiger partial charge in [0, 0.05) is 35.5 Å². The highest BCUT2D eigenvalue weighted by molar-refractivity contribution is 6.11. The Balaban J connectivity index is 1.56. The van der Waals surface area contributed by atoms with Crippen LogP contribution in [0, 0.1) is 20.8 Å². The lowest BCUT2D eigenvalue weighted by Crippen LogP contribution is -2.51. The molecule has 6 nitrogen and oxygen atoms in total. The minimum Gasteiger partial charge on any atom is -0.323 e. The molecule has 0 unspecified atom stereocenters. The summed E-state index contributed by atoms with van der Waals surface area (Å²) in [4.78, 5) is 39.3. The van der Waals surface area contributed by atoms with Gasteiger partial charge in [-0.15, -0.1) is 0 Å². The Morgan fingerprint density at radius 2 is 1.74 bits per heavy atom. The molecule has 1 aliphatic carbocycles. The fraction of sp³-hybridized carbons (Fsp3) is 0.435. The first-order chi connectivity index (χ1) is 14.5. The number of benzene rings is 1. The molecule has 1 saturated heterocycles. The molecule has 0 radical (unpaired) electrons. The Morgan fingerprint density at radius 3 is 2.39 bits per heavy atom. The van der Waals surface area contributed by atoms with Gasteiger partial charge < -0.3 is 9.88 Å². The zero-order valence-corrected chi connectivity index (χ0v) is 17.8. The van der Waals surface area contributed by atoms with Gasteiger partial charge in [0.05, 0.1) is 6.54 Å². The van der Waals surface area contributed by atoms with Crippen LogP contribution in [-0.4, -0.2) is 45.2 Å². The van der Waals surface area contributed by atoms with Gasteiger partial charge in [-0.25, -0.2) is 13.6 Å². The van der Waals surface area contributed by atoms with Crippen molar-refractivity contribution in [2.75, 3.05) is 6.54 Å². The summed E-state index contributed by atoms with van der Waals surface area (Å²) in [7, 11) is 0. The van der Waals surface area contributed by atoms with Gasteiger partial charge in [0.1, 0.15) is 5.54 Å². The SMILES string of the molecule is Cc1cccc(-n2c(C)cc(C(=O)CN3C(=O)NC4(CCC(F)(F)CC4)C3=O)c2C)c1. The molecule has 2 fully saturated rings. The first-order valence-electron chi connectivity index (χ1n) is 10.3. The minimum absolute atomic E-state index is 0.128. The number of carbonyl (C=O) groups is 3. The van der Waals surface area contributed by atoms with Crippen molar-refractivity contribution in [3.05, 3.63) is 52.8 Å². The maximum Gasteiger partial charge on any atom is 0.325 e. The van der Waals surface area contributed by atoms with Crippen molar-refractivity contribution in [3.8, 4) is 5.69 Å². The number of hydrogen-bond donors (Lipinski definition) is 1. The number of urea groups is 1. The third-order valence-corrected chi connectivity index (χ3v) is 6.37. The summed E-state index contributed by atoms with van der Waals surface area (Å²) in [6, 6.07) is 8.92. The van der Waals surface area contributed by atoms with Crippen molar-refractivity contribution in [1.82, 2.24) is 14.8 Å². The van der Waals surface area contributed by atoms with E-state index in [1.165, 1.54) is 0 Å². The van der Waals surface area contributed by atoms with Crippen molar-refractivity contribution >= 4 is 17.7 Å². The van der Waals surface area contributed by atoms with Crippen molar-refractivity contribution < 1.29 is 23.2 Å². The summed E-state index contributed by atoms with van der Waals surface area (Å²) in [5, 5.41) is 2.57. The minimum atomic E-state index is -2.83. The van der Waals surface area contributed by atoms with Gasteiger partial charge in [0.25, 0.3) is 5.91 Å². The zero-order valence-electron chi connectivity index (χ0n) is 17.8. The molecule has 2 aromatic rings. The van der Waals surface area contributed by atoms with Gasteiger partial charge in [-0.05, 0) is 57.4 Å². The van der Waals surface area contributed by atoms with Crippen LogP contribution in [0.2, 0.25) is 0 Å². The zero-order chi connectivity index (χ0) is 22.6. The van der Waals surface area contributed by atoms with Crippen LogP contribution in [-0.2, 0) is 4.79 Å². The number of carbonyl (C=O) groups excluding carboxylic acids is 3. The van der Waals surface area contributed by atoms with E-state index in [-0.39, 0.29) is 18.6 Å². The van der Waals surface area contributed by atoms with Crippen LogP contribution >= 0.6 is 0 Å². The van der Waals surface area contributed by atoms with Crippen LogP contribution in [0.25, 0.3) is 5.69 Å². The summed E-state index contributed by atoms with van der Waals surface area (Å²) in [6.45, 7) is 5.27. The summed E-state index contributed by atoms with van der Waals surface area (Å²) in [6.07, 6.45) is -1.18. The van der Waals surface area contributed by atoms with E-state index in [2.05, 4.69) is 5.32 Å². The molecule has 0 bridgehead atoms. The van der Waals surface area contributed by atoms with Crippen molar-refractivity contribution in [1.29, 1.82) is 0 Å². The molecule has 164 valence electrons. The quantitative estimate of drug-likeness (QED) is 0.588. The Hall–Kier alpha value is -3.03. The van der Waals surface area contributed by atoms with Crippen molar-refractivity contribution in [3.63, 3.8) is 0 Å².